The van der Waals surface area contributed by atoms with Gasteiger partial charge in [0.05, 0.1) is 5.56 Å². The number of halogens is 2. The SMILES string of the molecule is Nc1ncnc(Cl)c1-c1ccc(Br)cc1. The lowest BCUT2D eigenvalue weighted by Gasteiger charge is -2.05. The minimum atomic E-state index is 0.366. The predicted molar refractivity (Wildman–Crippen MR) is 64.6 cm³/mol. The molecule has 0 fully saturated rings. The zero-order chi connectivity index (χ0) is 10.8. The summed E-state index contributed by atoms with van der Waals surface area (Å²) in [5.74, 6) is 0.386. The molecule has 0 unspecified atom stereocenters. The molecule has 0 saturated heterocycles. The molecule has 0 aliphatic heterocycles. The van der Waals surface area contributed by atoms with Crippen molar-refractivity contribution in [2.24, 2.45) is 0 Å². The Labute approximate surface area is 100 Å². The van der Waals surface area contributed by atoms with E-state index in [2.05, 4.69) is 25.9 Å². The van der Waals surface area contributed by atoms with Crippen molar-refractivity contribution in [3.8, 4) is 11.1 Å². The third-order valence-electron chi connectivity index (χ3n) is 1.96. The molecule has 5 heteroatoms. The highest BCUT2D eigenvalue weighted by atomic mass is 79.9. The van der Waals surface area contributed by atoms with Crippen LogP contribution in [-0.2, 0) is 0 Å². The number of nitrogens with zero attached hydrogens (tertiary/aromatic N) is 2. The highest BCUT2D eigenvalue weighted by Gasteiger charge is 2.09. The third kappa shape index (κ3) is 2.11. The summed E-state index contributed by atoms with van der Waals surface area (Å²) >= 11 is 9.32. The maximum Gasteiger partial charge on any atom is 0.142 e. The lowest BCUT2D eigenvalue weighted by atomic mass is 10.1. The number of rotatable bonds is 1. The van der Waals surface area contributed by atoms with Crippen LogP contribution in [0.2, 0.25) is 5.15 Å². The van der Waals surface area contributed by atoms with Gasteiger partial charge in [0.15, 0.2) is 0 Å². The monoisotopic (exact) mass is 283 g/mol. The third-order valence-corrected chi connectivity index (χ3v) is 2.78. The molecule has 0 aliphatic rings. The molecular formula is C10H7BrClN3. The maximum atomic E-state index is 5.96. The number of benzene rings is 1. The van der Waals surface area contributed by atoms with Gasteiger partial charge in [-0.05, 0) is 17.7 Å². The van der Waals surface area contributed by atoms with Gasteiger partial charge in [0.2, 0.25) is 0 Å². The molecule has 1 heterocycles. The average Bonchev–Trinajstić information content (AvgIpc) is 2.20. The van der Waals surface area contributed by atoms with E-state index >= 15 is 0 Å². The molecule has 3 nitrogen and oxygen atoms in total. The molecule has 2 rings (SSSR count). The van der Waals surface area contributed by atoms with Crippen LogP contribution in [0.4, 0.5) is 5.82 Å². The van der Waals surface area contributed by atoms with Crippen molar-refractivity contribution in [3.05, 3.63) is 40.2 Å². The standard InChI is InChI=1S/C10H7BrClN3/c11-7-3-1-6(2-4-7)8-9(12)14-5-15-10(8)13/h1-5H,(H2,13,14,15). The van der Waals surface area contributed by atoms with E-state index in [0.717, 1.165) is 10.0 Å². The molecule has 0 spiro atoms. The van der Waals surface area contributed by atoms with Crippen molar-refractivity contribution in [1.82, 2.24) is 9.97 Å². The Bertz CT molecular complexity index is 464. The largest absolute Gasteiger partial charge is 0.383 e. The summed E-state index contributed by atoms with van der Waals surface area (Å²) in [6.45, 7) is 0. The molecule has 0 bridgehead atoms. The summed E-state index contributed by atoms with van der Waals surface area (Å²) in [6, 6.07) is 7.65. The lowest BCUT2D eigenvalue weighted by Crippen LogP contribution is -1.96. The fourth-order valence-corrected chi connectivity index (χ4v) is 1.77. The first kappa shape index (κ1) is 10.4. The van der Waals surface area contributed by atoms with Crippen LogP contribution in [0.25, 0.3) is 11.1 Å². The van der Waals surface area contributed by atoms with Gasteiger partial charge in [0, 0.05) is 4.47 Å². The van der Waals surface area contributed by atoms with Crippen molar-refractivity contribution in [2.45, 2.75) is 0 Å². The summed E-state index contributed by atoms with van der Waals surface area (Å²) in [4.78, 5) is 7.81. The van der Waals surface area contributed by atoms with Gasteiger partial charge < -0.3 is 5.73 Å². The van der Waals surface area contributed by atoms with E-state index in [1.165, 1.54) is 6.33 Å². The van der Waals surface area contributed by atoms with Crippen molar-refractivity contribution >= 4 is 33.3 Å². The molecule has 1 aromatic carbocycles. The van der Waals surface area contributed by atoms with Gasteiger partial charge in [0.25, 0.3) is 0 Å². The topological polar surface area (TPSA) is 51.8 Å². The van der Waals surface area contributed by atoms with Crippen LogP contribution in [0, 0.1) is 0 Å². The highest BCUT2D eigenvalue weighted by Crippen LogP contribution is 2.30. The summed E-state index contributed by atoms with van der Waals surface area (Å²) in [5, 5.41) is 0.366. The highest BCUT2D eigenvalue weighted by molar-refractivity contribution is 9.10. The molecular weight excluding hydrogens is 277 g/mol. The van der Waals surface area contributed by atoms with E-state index < -0.39 is 0 Å². The first-order valence-corrected chi connectivity index (χ1v) is 5.37. The van der Waals surface area contributed by atoms with Crippen LogP contribution < -0.4 is 5.73 Å². The Morgan fingerprint density at radius 1 is 1.13 bits per heavy atom. The van der Waals surface area contributed by atoms with Crippen LogP contribution in [0.1, 0.15) is 0 Å². The second-order valence-electron chi connectivity index (χ2n) is 2.93. The Morgan fingerprint density at radius 2 is 1.80 bits per heavy atom. The van der Waals surface area contributed by atoms with Gasteiger partial charge in [-0.15, -0.1) is 0 Å². The van der Waals surface area contributed by atoms with Crippen molar-refractivity contribution in [3.63, 3.8) is 0 Å². The predicted octanol–water partition coefficient (Wildman–Crippen LogP) is 3.14. The molecule has 1 aromatic heterocycles. The minimum absolute atomic E-state index is 0.366. The van der Waals surface area contributed by atoms with Crippen LogP contribution in [0.15, 0.2) is 35.1 Å². The maximum absolute atomic E-state index is 5.96. The number of hydrogen-bond donors (Lipinski definition) is 1. The van der Waals surface area contributed by atoms with Crippen LogP contribution in [0.3, 0.4) is 0 Å². The molecule has 0 radical (unpaired) electrons. The van der Waals surface area contributed by atoms with Gasteiger partial charge in [-0.3, -0.25) is 0 Å². The smallest absolute Gasteiger partial charge is 0.142 e. The Kier molecular flexibility index (Phi) is 2.88. The Morgan fingerprint density at radius 3 is 2.40 bits per heavy atom. The number of hydrogen-bond acceptors (Lipinski definition) is 3. The van der Waals surface area contributed by atoms with Crippen molar-refractivity contribution in [2.75, 3.05) is 5.73 Å². The zero-order valence-electron chi connectivity index (χ0n) is 7.61. The van der Waals surface area contributed by atoms with E-state index in [9.17, 15) is 0 Å². The van der Waals surface area contributed by atoms with E-state index in [0.29, 0.717) is 16.5 Å². The molecule has 0 saturated carbocycles. The summed E-state index contributed by atoms with van der Waals surface area (Å²) in [6.07, 6.45) is 1.35. The quantitative estimate of drug-likeness (QED) is 0.819. The van der Waals surface area contributed by atoms with Crippen molar-refractivity contribution < 1.29 is 0 Å². The number of aromatic nitrogens is 2. The van der Waals surface area contributed by atoms with Gasteiger partial charge in [-0.2, -0.15) is 0 Å². The molecule has 76 valence electrons. The van der Waals surface area contributed by atoms with Crippen LogP contribution >= 0.6 is 27.5 Å². The van der Waals surface area contributed by atoms with Crippen molar-refractivity contribution in [1.29, 1.82) is 0 Å². The van der Waals surface area contributed by atoms with E-state index in [-0.39, 0.29) is 0 Å². The fourth-order valence-electron chi connectivity index (χ4n) is 1.26. The van der Waals surface area contributed by atoms with Gasteiger partial charge in [-0.25, -0.2) is 9.97 Å². The summed E-state index contributed by atoms with van der Waals surface area (Å²) < 4.78 is 0.998. The normalized spacial score (nSPS) is 10.3. The zero-order valence-corrected chi connectivity index (χ0v) is 9.96. The summed E-state index contributed by atoms with van der Waals surface area (Å²) in [7, 11) is 0. The number of nitrogens with two attached hydrogens (primary N) is 1. The molecule has 0 amide bonds. The second-order valence-corrected chi connectivity index (χ2v) is 4.21. The lowest BCUT2D eigenvalue weighted by molar-refractivity contribution is 1.18. The second kappa shape index (κ2) is 4.16. The average molecular weight is 285 g/mol. The van der Waals surface area contributed by atoms with E-state index in [1.54, 1.807) is 0 Å². The Hall–Kier alpha value is -1.13. The molecule has 0 atom stereocenters. The molecule has 15 heavy (non-hydrogen) atoms. The molecule has 2 aromatic rings. The van der Waals surface area contributed by atoms with Crippen LogP contribution in [-0.4, -0.2) is 9.97 Å². The molecule has 2 N–H and O–H groups in total. The number of anilines is 1. The van der Waals surface area contributed by atoms with E-state index in [1.807, 2.05) is 24.3 Å². The van der Waals surface area contributed by atoms with Gasteiger partial charge in [0.1, 0.15) is 17.3 Å². The van der Waals surface area contributed by atoms with E-state index in [4.69, 9.17) is 17.3 Å². The fraction of sp³-hybridized carbons (Fsp3) is 0. The van der Waals surface area contributed by atoms with Gasteiger partial charge >= 0.3 is 0 Å². The summed E-state index contributed by atoms with van der Waals surface area (Å²) in [5.41, 5.74) is 7.32. The first-order chi connectivity index (χ1) is 7.18. The van der Waals surface area contributed by atoms with Crippen LogP contribution in [0.5, 0.6) is 0 Å². The first-order valence-electron chi connectivity index (χ1n) is 4.20. The minimum Gasteiger partial charge on any atom is -0.383 e. The van der Waals surface area contributed by atoms with Gasteiger partial charge in [-0.1, -0.05) is 39.7 Å². The number of nitrogen functional groups attached to an aromatic ring is 1. The Balaban J connectivity index is 2.58. The molecule has 0 aliphatic carbocycles.